The van der Waals surface area contributed by atoms with Gasteiger partial charge >= 0.3 is 11.9 Å². The number of nitrogen functional groups attached to an aromatic ring is 1. The molecule has 0 saturated heterocycles. The summed E-state index contributed by atoms with van der Waals surface area (Å²) < 4.78 is 0. The van der Waals surface area contributed by atoms with Gasteiger partial charge in [0.2, 0.25) is 17.7 Å². The van der Waals surface area contributed by atoms with Crippen LogP contribution >= 0.6 is 0 Å². The number of carboxylic acid groups (broad SMARTS) is 2. The summed E-state index contributed by atoms with van der Waals surface area (Å²) >= 11 is 0. The van der Waals surface area contributed by atoms with E-state index in [0.29, 0.717) is 11.3 Å². The van der Waals surface area contributed by atoms with E-state index in [1.807, 2.05) is 0 Å². The van der Waals surface area contributed by atoms with Crippen molar-refractivity contribution in [3.63, 3.8) is 0 Å². The Morgan fingerprint density at radius 3 is 2.03 bits per heavy atom. The van der Waals surface area contributed by atoms with Crippen molar-refractivity contribution in [2.45, 2.75) is 39.3 Å². The van der Waals surface area contributed by atoms with Gasteiger partial charge in [-0.3, -0.25) is 24.6 Å². The van der Waals surface area contributed by atoms with Crippen LogP contribution in [-0.4, -0.2) is 64.3 Å². The molecule has 1 aromatic carbocycles. The molecule has 0 unspecified atom stereocenters. The number of amidine groups is 1. The fourth-order valence-electron chi connectivity index (χ4n) is 2.74. The largest absolute Gasteiger partial charge is 0.481 e. The first-order chi connectivity index (χ1) is 14.8. The monoisotopic (exact) mass is 449 g/mol. The Balaban J connectivity index is 2.99. The van der Waals surface area contributed by atoms with Crippen molar-refractivity contribution >= 4 is 41.2 Å². The van der Waals surface area contributed by atoms with E-state index in [9.17, 15) is 29.1 Å². The third-order valence-electron chi connectivity index (χ3n) is 4.43. The normalized spacial score (nSPS) is 12.4. The van der Waals surface area contributed by atoms with Crippen LogP contribution in [0, 0.1) is 11.3 Å². The highest BCUT2D eigenvalue weighted by atomic mass is 16.4. The predicted molar refractivity (Wildman–Crippen MR) is 114 cm³/mol. The first-order valence-corrected chi connectivity index (χ1v) is 9.60. The third kappa shape index (κ3) is 7.70. The molecule has 12 nitrogen and oxygen atoms in total. The summed E-state index contributed by atoms with van der Waals surface area (Å²) in [5.74, 6) is -5.64. The summed E-state index contributed by atoms with van der Waals surface area (Å²) in [4.78, 5) is 60.5. The molecule has 0 radical (unpaired) electrons. The van der Waals surface area contributed by atoms with Crippen molar-refractivity contribution in [3.05, 3.63) is 29.8 Å². The van der Waals surface area contributed by atoms with Gasteiger partial charge in [0.1, 0.15) is 24.5 Å². The van der Waals surface area contributed by atoms with Crippen LogP contribution in [0.2, 0.25) is 0 Å². The van der Waals surface area contributed by atoms with Gasteiger partial charge in [0.15, 0.2) is 0 Å². The zero-order valence-electron chi connectivity index (χ0n) is 17.9. The lowest BCUT2D eigenvalue weighted by Crippen LogP contribution is -2.55. The Bertz CT molecular complexity index is 898. The molecule has 0 spiro atoms. The van der Waals surface area contributed by atoms with E-state index in [-0.39, 0.29) is 5.84 Å². The quantitative estimate of drug-likeness (QED) is 0.192. The number of carbonyl (C=O) groups excluding carboxylic acids is 3. The van der Waals surface area contributed by atoms with Crippen LogP contribution in [0.15, 0.2) is 24.3 Å². The molecule has 12 heteroatoms. The minimum absolute atomic E-state index is 0.174. The average Bonchev–Trinajstić information content (AvgIpc) is 2.68. The molecule has 0 bridgehead atoms. The maximum atomic E-state index is 12.5. The van der Waals surface area contributed by atoms with Gasteiger partial charge in [-0.05, 0) is 30.2 Å². The molecule has 1 aromatic rings. The van der Waals surface area contributed by atoms with Crippen LogP contribution in [0.25, 0.3) is 0 Å². The van der Waals surface area contributed by atoms with E-state index >= 15 is 0 Å². The fourth-order valence-corrected chi connectivity index (χ4v) is 2.74. The molecule has 0 aliphatic rings. The van der Waals surface area contributed by atoms with E-state index in [1.165, 1.54) is 31.2 Å². The lowest BCUT2D eigenvalue weighted by atomic mass is 10.0. The van der Waals surface area contributed by atoms with Crippen molar-refractivity contribution < 1.29 is 34.2 Å². The number of nitrogens with two attached hydrogens (primary N) is 1. The second-order valence-electron chi connectivity index (χ2n) is 7.35. The topological polar surface area (TPSA) is 203 Å². The van der Waals surface area contributed by atoms with Crippen LogP contribution in [0.4, 0.5) is 5.69 Å². The number of hydrogen-bond acceptors (Lipinski definition) is 6. The number of nitrogens with one attached hydrogen (secondary N) is 3. The van der Waals surface area contributed by atoms with Crippen LogP contribution in [0.3, 0.4) is 0 Å². The Kier molecular flexibility index (Phi) is 9.32. The molecule has 7 N–H and O–H groups in total. The SMILES string of the molecule is CC(=O)N(CC(=O)N[C@@H](CC(=O)O)C(=O)N[C@H](C(=O)O)C(C)C)c1ccc(C(=N)N)cc1. The van der Waals surface area contributed by atoms with Crippen molar-refractivity contribution in [2.75, 3.05) is 11.4 Å². The second kappa shape index (κ2) is 11.4. The van der Waals surface area contributed by atoms with E-state index in [0.717, 1.165) is 4.90 Å². The van der Waals surface area contributed by atoms with Gasteiger partial charge in [0.25, 0.3) is 0 Å². The summed E-state index contributed by atoms with van der Waals surface area (Å²) in [6.07, 6.45) is -0.782. The van der Waals surface area contributed by atoms with Crippen LogP contribution in [0.5, 0.6) is 0 Å². The Hall–Kier alpha value is -3.96. The molecule has 0 aliphatic heterocycles. The lowest BCUT2D eigenvalue weighted by molar-refractivity contribution is -0.144. The molecular weight excluding hydrogens is 422 g/mol. The zero-order chi connectivity index (χ0) is 24.6. The highest BCUT2D eigenvalue weighted by Crippen LogP contribution is 2.15. The molecule has 0 fully saturated rings. The molecule has 174 valence electrons. The summed E-state index contributed by atoms with van der Waals surface area (Å²) in [6, 6.07) is 3.12. The number of amides is 3. The molecule has 0 aliphatic carbocycles. The van der Waals surface area contributed by atoms with Gasteiger partial charge < -0.3 is 31.5 Å². The average molecular weight is 449 g/mol. The van der Waals surface area contributed by atoms with E-state index in [2.05, 4.69) is 10.6 Å². The number of carbonyl (C=O) groups is 5. The molecule has 0 aromatic heterocycles. The number of carboxylic acids is 2. The van der Waals surface area contributed by atoms with Gasteiger partial charge in [0.05, 0.1) is 6.42 Å². The summed E-state index contributed by atoms with van der Waals surface area (Å²) in [6.45, 7) is 3.82. The smallest absolute Gasteiger partial charge is 0.326 e. The van der Waals surface area contributed by atoms with E-state index in [1.54, 1.807) is 13.8 Å². The molecule has 0 heterocycles. The Morgan fingerprint density at radius 2 is 1.62 bits per heavy atom. The number of nitrogens with zero attached hydrogens (tertiary/aromatic N) is 1. The number of hydrogen-bond donors (Lipinski definition) is 6. The molecule has 32 heavy (non-hydrogen) atoms. The number of aliphatic carboxylic acids is 2. The van der Waals surface area contributed by atoms with Gasteiger partial charge in [-0.2, -0.15) is 0 Å². The molecule has 1 rings (SSSR count). The fraction of sp³-hybridized carbons (Fsp3) is 0.400. The minimum atomic E-state index is -1.55. The van der Waals surface area contributed by atoms with Gasteiger partial charge in [-0.1, -0.05) is 13.8 Å². The van der Waals surface area contributed by atoms with Crippen molar-refractivity contribution in [1.82, 2.24) is 10.6 Å². The van der Waals surface area contributed by atoms with Crippen molar-refractivity contribution in [2.24, 2.45) is 11.7 Å². The Morgan fingerprint density at radius 1 is 1.06 bits per heavy atom. The second-order valence-corrected chi connectivity index (χ2v) is 7.35. The number of rotatable bonds is 11. The summed E-state index contributed by atoms with van der Waals surface area (Å²) in [7, 11) is 0. The maximum absolute atomic E-state index is 12.5. The first-order valence-electron chi connectivity index (χ1n) is 9.60. The first kappa shape index (κ1) is 26.1. The molecule has 0 saturated carbocycles. The highest BCUT2D eigenvalue weighted by Gasteiger charge is 2.30. The maximum Gasteiger partial charge on any atom is 0.326 e. The van der Waals surface area contributed by atoms with Gasteiger partial charge in [0, 0.05) is 18.2 Å². The van der Waals surface area contributed by atoms with Crippen molar-refractivity contribution in [3.8, 4) is 0 Å². The number of benzene rings is 1. The number of anilines is 1. The highest BCUT2D eigenvalue weighted by molar-refractivity contribution is 6.00. The standard InChI is InChI=1S/C20H27N5O7/c1-10(2)17(20(31)32)24-19(30)14(8-16(28)29)23-15(27)9-25(11(3)26)13-6-4-12(5-7-13)18(21)22/h4-7,10,14,17H,8-9H2,1-3H3,(H3,21,22)(H,23,27)(H,24,30)(H,28,29)(H,31,32)/t14-,17-/m0/s1. The molecular formula is C20H27N5O7. The molecule has 3 amide bonds. The van der Waals surface area contributed by atoms with Crippen LogP contribution < -0.4 is 21.3 Å². The lowest BCUT2D eigenvalue weighted by Gasteiger charge is -2.24. The summed E-state index contributed by atoms with van der Waals surface area (Å²) in [5, 5.41) is 30.2. The Labute approximate surface area is 184 Å². The van der Waals surface area contributed by atoms with Crippen LogP contribution in [-0.2, 0) is 24.0 Å². The van der Waals surface area contributed by atoms with E-state index < -0.39 is 60.6 Å². The minimum Gasteiger partial charge on any atom is -0.481 e. The zero-order valence-corrected chi connectivity index (χ0v) is 17.9. The third-order valence-corrected chi connectivity index (χ3v) is 4.43. The molecule has 2 atom stereocenters. The summed E-state index contributed by atoms with van der Waals surface area (Å²) in [5.41, 5.74) is 6.13. The van der Waals surface area contributed by atoms with Crippen LogP contribution in [0.1, 0.15) is 32.8 Å². The van der Waals surface area contributed by atoms with Crippen molar-refractivity contribution in [1.29, 1.82) is 5.41 Å². The van der Waals surface area contributed by atoms with Gasteiger partial charge in [-0.25, -0.2) is 4.79 Å². The predicted octanol–water partition coefficient (Wildman–Crippen LogP) is -0.492. The van der Waals surface area contributed by atoms with Gasteiger partial charge in [-0.15, -0.1) is 0 Å². The van der Waals surface area contributed by atoms with E-state index in [4.69, 9.17) is 16.2 Å².